The number of anilines is 1. The third-order valence-corrected chi connectivity index (χ3v) is 2.85. The van der Waals surface area contributed by atoms with Gasteiger partial charge in [0.15, 0.2) is 0 Å². The lowest BCUT2D eigenvalue weighted by Gasteiger charge is -2.04. The first-order valence-electron chi connectivity index (χ1n) is 4.28. The Morgan fingerprint density at radius 2 is 2.33 bits per heavy atom. The summed E-state index contributed by atoms with van der Waals surface area (Å²) >= 11 is 1.10. The molecular weight excluding hydrogens is 214 g/mol. The summed E-state index contributed by atoms with van der Waals surface area (Å²) in [5, 5.41) is 13.1. The van der Waals surface area contributed by atoms with Crippen molar-refractivity contribution in [1.82, 2.24) is 0 Å². The standard InChI is InChI=1S/C10H11NO3S/c1-3-4-7(12)11-8-6(2)5-15-9(8)10(13)14/h3,5H,1,4H2,2H3,(H,11,12)(H,13,14). The number of carbonyl (C=O) groups is 2. The van der Waals surface area contributed by atoms with E-state index in [9.17, 15) is 9.59 Å². The third-order valence-electron chi connectivity index (χ3n) is 1.76. The van der Waals surface area contributed by atoms with Crippen LogP contribution in [0.15, 0.2) is 18.0 Å². The third kappa shape index (κ3) is 2.66. The lowest BCUT2D eigenvalue weighted by atomic mass is 10.2. The van der Waals surface area contributed by atoms with Crippen LogP contribution >= 0.6 is 11.3 Å². The van der Waals surface area contributed by atoms with Gasteiger partial charge in [0.05, 0.1) is 5.69 Å². The average molecular weight is 225 g/mol. The highest BCUT2D eigenvalue weighted by atomic mass is 32.1. The van der Waals surface area contributed by atoms with E-state index < -0.39 is 5.97 Å². The Kier molecular flexibility index (Phi) is 3.62. The molecule has 0 aliphatic rings. The van der Waals surface area contributed by atoms with E-state index >= 15 is 0 Å². The van der Waals surface area contributed by atoms with E-state index in [-0.39, 0.29) is 17.2 Å². The van der Waals surface area contributed by atoms with Gasteiger partial charge in [0.2, 0.25) is 5.91 Å². The lowest BCUT2D eigenvalue weighted by Crippen LogP contribution is -2.12. The zero-order valence-corrected chi connectivity index (χ0v) is 9.06. The first-order chi connectivity index (χ1) is 7.06. The van der Waals surface area contributed by atoms with Crippen LogP contribution in [-0.4, -0.2) is 17.0 Å². The number of aromatic carboxylic acids is 1. The molecule has 4 nitrogen and oxygen atoms in total. The second-order valence-electron chi connectivity index (χ2n) is 2.97. The van der Waals surface area contributed by atoms with Gasteiger partial charge in [-0.1, -0.05) is 6.08 Å². The van der Waals surface area contributed by atoms with Crippen molar-refractivity contribution in [3.8, 4) is 0 Å². The second kappa shape index (κ2) is 4.75. The number of amides is 1. The zero-order valence-electron chi connectivity index (χ0n) is 8.24. The van der Waals surface area contributed by atoms with Gasteiger partial charge in [0, 0.05) is 6.42 Å². The predicted octanol–water partition coefficient (Wildman–Crippen LogP) is 2.27. The van der Waals surface area contributed by atoms with E-state index in [0.29, 0.717) is 5.69 Å². The number of hydrogen-bond donors (Lipinski definition) is 2. The number of aryl methyl sites for hydroxylation is 1. The minimum absolute atomic E-state index is 0.157. The van der Waals surface area contributed by atoms with Crippen molar-refractivity contribution in [2.45, 2.75) is 13.3 Å². The van der Waals surface area contributed by atoms with E-state index in [1.54, 1.807) is 12.3 Å². The molecule has 15 heavy (non-hydrogen) atoms. The molecule has 1 aromatic heterocycles. The highest BCUT2D eigenvalue weighted by molar-refractivity contribution is 7.12. The first-order valence-corrected chi connectivity index (χ1v) is 5.16. The molecule has 0 bridgehead atoms. The van der Waals surface area contributed by atoms with Crippen LogP contribution in [0.4, 0.5) is 5.69 Å². The van der Waals surface area contributed by atoms with Crippen molar-refractivity contribution < 1.29 is 14.7 Å². The summed E-state index contributed by atoms with van der Waals surface area (Å²) in [7, 11) is 0. The summed E-state index contributed by atoms with van der Waals surface area (Å²) in [5.74, 6) is -1.28. The Hall–Kier alpha value is -1.62. The maximum atomic E-state index is 11.3. The Morgan fingerprint density at radius 1 is 1.67 bits per heavy atom. The molecule has 0 aliphatic carbocycles. The van der Waals surface area contributed by atoms with E-state index in [1.165, 1.54) is 6.08 Å². The molecule has 5 heteroatoms. The number of thiophene rings is 1. The van der Waals surface area contributed by atoms with Crippen molar-refractivity contribution in [3.63, 3.8) is 0 Å². The molecule has 1 rings (SSSR count). The SMILES string of the molecule is C=CCC(=O)Nc1c(C)csc1C(=O)O. The van der Waals surface area contributed by atoms with Gasteiger partial charge in [-0.3, -0.25) is 4.79 Å². The number of hydrogen-bond acceptors (Lipinski definition) is 3. The summed E-state index contributed by atoms with van der Waals surface area (Å²) < 4.78 is 0. The fourth-order valence-corrected chi connectivity index (χ4v) is 1.92. The molecule has 0 aromatic carbocycles. The minimum atomic E-state index is -1.03. The molecule has 0 spiro atoms. The lowest BCUT2D eigenvalue weighted by molar-refractivity contribution is -0.115. The fourth-order valence-electron chi connectivity index (χ4n) is 1.08. The number of carboxylic acid groups (broad SMARTS) is 1. The molecule has 0 radical (unpaired) electrons. The van der Waals surface area contributed by atoms with E-state index in [4.69, 9.17) is 5.11 Å². The summed E-state index contributed by atoms with van der Waals surface area (Å²) in [6, 6.07) is 0. The predicted molar refractivity (Wildman–Crippen MR) is 59.5 cm³/mol. The van der Waals surface area contributed by atoms with Crippen molar-refractivity contribution >= 4 is 28.9 Å². The van der Waals surface area contributed by atoms with Crippen LogP contribution in [0.5, 0.6) is 0 Å². The Morgan fingerprint density at radius 3 is 2.87 bits per heavy atom. The minimum Gasteiger partial charge on any atom is -0.477 e. The monoisotopic (exact) mass is 225 g/mol. The van der Waals surface area contributed by atoms with Gasteiger partial charge in [-0.25, -0.2) is 4.79 Å². The Bertz CT molecular complexity index is 409. The van der Waals surface area contributed by atoms with Crippen molar-refractivity contribution in [3.05, 3.63) is 28.5 Å². The van der Waals surface area contributed by atoms with Gasteiger partial charge in [0.25, 0.3) is 0 Å². The van der Waals surface area contributed by atoms with Crippen molar-refractivity contribution in [2.24, 2.45) is 0 Å². The van der Waals surface area contributed by atoms with Gasteiger partial charge in [-0.2, -0.15) is 0 Å². The smallest absolute Gasteiger partial charge is 0.348 e. The molecule has 0 atom stereocenters. The fraction of sp³-hybridized carbons (Fsp3) is 0.200. The first kappa shape index (κ1) is 11.5. The Labute approximate surface area is 91.2 Å². The molecule has 1 heterocycles. The number of carbonyl (C=O) groups excluding carboxylic acids is 1. The van der Waals surface area contributed by atoms with Gasteiger partial charge < -0.3 is 10.4 Å². The van der Waals surface area contributed by atoms with Crippen LogP contribution in [0, 0.1) is 6.92 Å². The van der Waals surface area contributed by atoms with Crippen LogP contribution in [0.25, 0.3) is 0 Å². The number of nitrogens with one attached hydrogen (secondary N) is 1. The summed E-state index contributed by atoms with van der Waals surface area (Å²) in [6.07, 6.45) is 1.64. The van der Waals surface area contributed by atoms with E-state index in [1.807, 2.05) is 0 Å². The van der Waals surface area contributed by atoms with Gasteiger partial charge in [-0.05, 0) is 17.9 Å². The molecule has 80 valence electrons. The number of carboxylic acids is 1. The van der Waals surface area contributed by atoms with Crippen LogP contribution in [0.3, 0.4) is 0 Å². The largest absolute Gasteiger partial charge is 0.477 e. The molecule has 0 saturated heterocycles. The van der Waals surface area contributed by atoms with Gasteiger partial charge in [-0.15, -0.1) is 17.9 Å². The quantitative estimate of drug-likeness (QED) is 0.772. The van der Waals surface area contributed by atoms with Crippen molar-refractivity contribution in [1.29, 1.82) is 0 Å². The van der Waals surface area contributed by atoms with Gasteiger partial charge >= 0.3 is 5.97 Å². The van der Waals surface area contributed by atoms with E-state index in [2.05, 4.69) is 11.9 Å². The van der Waals surface area contributed by atoms with Crippen LogP contribution < -0.4 is 5.32 Å². The molecule has 1 aromatic rings. The highest BCUT2D eigenvalue weighted by Gasteiger charge is 2.16. The van der Waals surface area contributed by atoms with Crippen molar-refractivity contribution in [2.75, 3.05) is 5.32 Å². The summed E-state index contributed by atoms with van der Waals surface area (Å²) in [4.78, 5) is 22.2. The molecule has 0 unspecified atom stereocenters. The molecule has 0 saturated carbocycles. The maximum Gasteiger partial charge on any atom is 0.348 e. The molecule has 1 amide bonds. The van der Waals surface area contributed by atoms with E-state index in [0.717, 1.165) is 16.9 Å². The van der Waals surface area contributed by atoms with Crippen LogP contribution in [0.1, 0.15) is 21.7 Å². The zero-order chi connectivity index (χ0) is 11.4. The normalized spacial score (nSPS) is 9.67. The average Bonchev–Trinajstić information content (AvgIpc) is 2.48. The summed E-state index contributed by atoms with van der Waals surface area (Å²) in [6.45, 7) is 5.19. The Balaban J connectivity index is 2.92. The highest BCUT2D eigenvalue weighted by Crippen LogP contribution is 2.27. The van der Waals surface area contributed by atoms with Crippen LogP contribution in [-0.2, 0) is 4.79 Å². The second-order valence-corrected chi connectivity index (χ2v) is 3.85. The molecule has 2 N–H and O–H groups in total. The molecule has 0 aliphatic heterocycles. The molecule has 0 fully saturated rings. The topological polar surface area (TPSA) is 66.4 Å². The number of rotatable bonds is 4. The maximum absolute atomic E-state index is 11.3. The summed E-state index contributed by atoms with van der Waals surface area (Å²) in [5.41, 5.74) is 1.15. The van der Waals surface area contributed by atoms with Crippen LogP contribution in [0.2, 0.25) is 0 Å². The van der Waals surface area contributed by atoms with Gasteiger partial charge in [0.1, 0.15) is 4.88 Å². The molecular formula is C10H11NO3S.